The first-order chi connectivity index (χ1) is 18.2. The largest absolute Gasteiger partial charge is 0.481 e. The lowest BCUT2D eigenvalue weighted by molar-refractivity contribution is -0.240. The maximum atomic E-state index is 12.9. The van der Waals surface area contributed by atoms with Gasteiger partial charge in [-0.25, -0.2) is 0 Å². The summed E-state index contributed by atoms with van der Waals surface area (Å²) in [6, 6.07) is 0.114. The Hall–Kier alpha value is -1.85. The topological polar surface area (TPSA) is 88.0 Å². The number of carboxylic acids is 1. The Morgan fingerprint density at radius 2 is 1.64 bits per heavy atom. The van der Waals surface area contributed by atoms with Gasteiger partial charge < -0.3 is 15.3 Å². The summed E-state index contributed by atoms with van der Waals surface area (Å²) in [5, 5.41) is 17.5. The van der Waals surface area contributed by atoms with Gasteiger partial charge in [0.05, 0.1) is 5.41 Å². The molecule has 0 heterocycles. The van der Waals surface area contributed by atoms with E-state index in [1.807, 2.05) is 0 Å². The highest BCUT2D eigenvalue weighted by Gasteiger charge is 2.72. The van der Waals surface area contributed by atoms with E-state index in [9.17, 15) is 14.7 Å². The first kappa shape index (κ1) is 28.7. The van der Waals surface area contributed by atoms with Crippen molar-refractivity contribution in [3.63, 3.8) is 0 Å². The van der Waals surface area contributed by atoms with Gasteiger partial charge in [-0.05, 0) is 122 Å². The lowest BCUT2D eigenvalue weighted by atomic mass is 9.32. The molecular weight excluding hydrogens is 488 g/mol. The van der Waals surface area contributed by atoms with Gasteiger partial charge in [-0.1, -0.05) is 51.9 Å². The van der Waals surface area contributed by atoms with Crippen LogP contribution in [-0.2, 0) is 14.4 Å². The zero-order chi connectivity index (χ0) is 28.6. The fourth-order valence-electron chi connectivity index (χ4n) is 12.1. The molecule has 5 rings (SSSR count). The normalized spacial score (nSPS) is 48.3. The van der Waals surface area contributed by atoms with E-state index in [-0.39, 0.29) is 39.5 Å². The second kappa shape index (κ2) is 9.34. The number of hydrogen-bond acceptors (Lipinski definition) is 4. The zero-order valence-electron chi connectivity index (χ0n) is 25.4. The number of nitrogens with one attached hydrogen (secondary N) is 1. The summed E-state index contributed by atoms with van der Waals surface area (Å²) in [6.07, 6.45) is 11.6. The van der Waals surface area contributed by atoms with Crippen LogP contribution in [0.5, 0.6) is 0 Å². The summed E-state index contributed by atoms with van der Waals surface area (Å²) >= 11 is 0. The van der Waals surface area contributed by atoms with Gasteiger partial charge in [0.2, 0.25) is 0 Å². The third kappa shape index (κ3) is 3.81. The number of carboxylic acid groups (broad SMARTS) is 1. The van der Waals surface area contributed by atoms with Crippen molar-refractivity contribution >= 4 is 18.1 Å². The maximum absolute atomic E-state index is 12.9. The van der Waals surface area contributed by atoms with E-state index in [0.717, 1.165) is 51.4 Å². The summed E-state index contributed by atoms with van der Waals surface area (Å²) in [5.41, 5.74) is 1.12. The molecule has 0 saturated heterocycles. The number of carbonyl (C=O) groups excluding carboxylic acids is 1. The molecule has 2 N–H and O–H groups in total. The molecule has 0 aromatic carbocycles. The van der Waals surface area contributed by atoms with Crippen molar-refractivity contribution < 1.29 is 19.5 Å². The molecule has 0 aromatic rings. The number of hydrogen-bond donors (Lipinski definition) is 2. The number of allylic oxidation sites excluding steroid dienone is 1. The van der Waals surface area contributed by atoms with E-state index in [4.69, 9.17) is 4.84 Å². The number of nitrogens with zero attached hydrogens (tertiary/aromatic N) is 1. The lowest BCUT2D eigenvalue weighted by Crippen LogP contribution is -2.68. The Bertz CT molecular complexity index is 1070. The summed E-state index contributed by atoms with van der Waals surface area (Å²) in [4.78, 5) is 30.1. The molecule has 0 bridgehead atoms. The average molecular weight is 541 g/mol. The number of rotatable bonds is 5. The van der Waals surface area contributed by atoms with E-state index in [2.05, 4.69) is 58.6 Å². The molecule has 6 heteroatoms. The average Bonchev–Trinajstić information content (AvgIpc) is 3.26. The Labute approximate surface area is 235 Å². The van der Waals surface area contributed by atoms with Crippen molar-refractivity contribution in [1.82, 2.24) is 5.32 Å². The van der Waals surface area contributed by atoms with Gasteiger partial charge in [-0.2, -0.15) is 0 Å². The molecule has 218 valence electrons. The smallest absolute Gasteiger partial charge is 0.309 e. The van der Waals surface area contributed by atoms with E-state index in [1.165, 1.54) is 31.7 Å². The molecule has 5 fully saturated rings. The van der Waals surface area contributed by atoms with Gasteiger partial charge in [0.25, 0.3) is 5.91 Å². The molecule has 5 aliphatic rings. The van der Waals surface area contributed by atoms with Crippen molar-refractivity contribution in [3.05, 3.63) is 12.2 Å². The van der Waals surface area contributed by atoms with Crippen molar-refractivity contribution in [2.45, 2.75) is 112 Å². The monoisotopic (exact) mass is 540 g/mol. The van der Waals surface area contributed by atoms with E-state index >= 15 is 0 Å². The van der Waals surface area contributed by atoms with E-state index < -0.39 is 11.4 Å². The van der Waals surface area contributed by atoms with Gasteiger partial charge in [0.1, 0.15) is 13.3 Å². The number of carbonyl (C=O) groups is 2. The Morgan fingerprint density at radius 3 is 2.28 bits per heavy atom. The molecular formula is C33H52N2O4. The molecule has 0 spiro atoms. The first-order valence-corrected chi connectivity index (χ1v) is 15.4. The molecule has 0 aromatic heterocycles. The predicted molar refractivity (Wildman–Crippen MR) is 154 cm³/mol. The second-order valence-electron chi connectivity index (χ2n) is 15.5. The molecule has 5 aliphatic carbocycles. The number of amides is 1. The van der Waals surface area contributed by atoms with Crippen molar-refractivity contribution in [3.8, 4) is 0 Å². The molecule has 5 saturated carbocycles. The third-order valence-corrected chi connectivity index (χ3v) is 14.1. The van der Waals surface area contributed by atoms with Gasteiger partial charge in [-0.15, -0.1) is 0 Å². The van der Waals surface area contributed by atoms with Crippen LogP contribution in [0, 0.1) is 56.7 Å². The molecule has 39 heavy (non-hydrogen) atoms. The van der Waals surface area contributed by atoms with Gasteiger partial charge in [0, 0.05) is 6.04 Å². The summed E-state index contributed by atoms with van der Waals surface area (Å²) in [7, 11) is 1.45. The highest BCUT2D eigenvalue weighted by atomic mass is 16.6. The summed E-state index contributed by atoms with van der Waals surface area (Å²) in [6.45, 7) is 18.9. The van der Waals surface area contributed by atoms with E-state index in [1.54, 1.807) is 0 Å². The number of oxime groups is 1. The van der Waals surface area contributed by atoms with Crippen LogP contribution >= 0.6 is 0 Å². The number of fused-ring (bicyclic) bond motifs is 7. The van der Waals surface area contributed by atoms with Gasteiger partial charge in [0.15, 0.2) is 0 Å². The summed E-state index contributed by atoms with van der Waals surface area (Å²) in [5.74, 6) is 1.38. The fraction of sp³-hybridized carbons (Fsp3) is 0.848. The standard InChI is InChI=1S/C33H52N2O4/c1-20(2)21-11-16-33(28(37)38)18-17-31(6)22(27(21)33)9-10-24-30(5)14-13-25(35-26(36)19-34-39-8)29(3,4)23(30)12-15-32(24,31)7/h19,21-25,27H,1,9-18H2,2-8H3,(H,35,36)(H,37,38)/b34-19+/t21-,22?,23?,24?,25?,27?,30?,31+,32?,33?/m0/s1. The minimum absolute atomic E-state index is 0.0236. The Kier molecular flexibility index (Phi) is 6.87. The zero-order valence-corrected chi connectivity index (χ0v) is 25.4. The van der Waals surface area contributed by atoms with Crippen molar-refractivity contribution in [2.24, 2.45) is 61.8 Å². The summed E-state index contributed by atoms with van der Waals surface area (Å²) < 4.78 is 0. The second-order valence-corrected chi connectivity index (χ2v) is 15.5. The molecule has 6 nitrogen and oxygen atoms in total. The van der Waals surface area contributed by atoms with Crippen LogP contribution in [0.4, 0.5) is 0 Å². The predicted octanol–water partition coefficient (Wildman–Crippen LogP) is 6.85. The van der Waals surface area contributed by atoms with E-state index in [0.29, 0.717) is 23.7 Å². The first-order valence-electron chi connectivity index (χ1n) is 15.4. The molecule has 10 atom stereocenters. The van der Waals surface area contributed by atoms with Crippen LogP contribution in [-0.4, -0.2) is 36.3 Å². The van der Waals surface area contributed by atoms with Crippen LogP contribution in [0.3, 0.4) is 0 Å². The van der Waals surface area contributed by atoms with Gasteiger partial charge in [-0.3, -0.25) is 9.59 Å². The lowest BCUT2D eigenvalue weighted by Gasteiger charge is -2.73. The van der Waals surface area contributed by atoms with Crippen LogP contribution in [0.1, 0.15) is 106 Å². The molecule has 1 amide bonds. The van der Waals surface area contributed by atoms with Gasteiger partial charge >= 0.3 is 5.97 Å². The Balaban J connectivity index is 1.46. The van der Waals surface area contributed by atoms with Crippen LogP contribution in [0.25, 0.3) is 0 Å². The molecule has 0 aliphatic heterocycles. The van der Waals surface area contributed by atoms with Crippen molar-refractivity contribution in [2.75, 3.05) is 7.11 Å². The minimum atomic E-state index is -0.567. The SMILES string of the molecule is C=C(C)[C@@H]1CCC2(C(=O)O)CC[C@]3(C)C(CCC4C5(C)CCC(NC(=O)/C=N/OC)C(C)(C)C5CCC43C)C12. The number of aliphatic carboxylic acids is 1. The highest BCUT2D eigenvalue weighted by molar-refractivity contribution is 6.26. The third-order valence-electron chi connectivity index (χ3n) is 14.1. The molecule has 0 radical (unpaired) electrons. The minimum Gasteiger partial charge on any atom is -0.481 e. The highest BCUT2D eigenvalue weighted by Crippen LogP contribution is 2.77. The van der Waals surface area contributed by atoms with Crippen LogP contribution in [0.15, 0.2) is 17.3 Å². The molecule has 8 unspecified atom stereocenters. The van der Waals surface area contributed by atoms with Crippen LogP contribution in [0.2, 0.25) is 0 Å². The van der Waals surface area contributed by atoms with Crippen molar-refractivity contribution in [1.29, 1.82) is 0 Å². The Morgan fingerprint density at radius 1 is 0.923 bits per heavy atom. The quantitative estimate of drug-likeness (QED) is 0.227. The van der Waals surface area contributed by atoms with Crippen LogP contribution < -0.4 is 5.32 Å². The fourth-order valence-corrected chi connectivity index (χ4v) is 12.1. The maximum Gasteiger partial charge on any atom is 0.309 e.